The minimum absolute atomic E-state index is 0.753. The maximum Gasteiger partial charge on any atom is 0.0986 e. The molecule has 0 fully saturated rings. The van der Waals surface area contributed by atoms with Crippen molar-refractivity contribution in [3.63, 3.8) is 0 Å². The molecule has 0 atom stereocenters. The molecule has 44 heavy (non-hydrogen) atoms. The van der Waals surface area contributed by atoms with Crippen LogP contribution in [0.3, 0.4) is 0 Å². The van der Waals surface area contributed by atoms with E-state index in [0.29, 0.717) is 0 Å². The number of rotatable bonds is 2. The van der Waals surface area contributed by atoms with Crippen molar-refractivity contribution in [1.29, 1.82) is 0 Å². The van der Waals surface area contributed by atoms with Crippen molar-refractivity contribution >= 4 is 77.1 Å². The first-order valence-electron chi connectivity index (χ1n) is 14.9. The lowest BCUT2D eigenvalue weighted by Gasteiger charge is -2.11. The van der Waals surface area contributed by atoms with E-state index in [2.05, 4.69) is 78.9 Å². The molecule has 5 heteroatoms. The molecule has 10 rings (SSSR count). The fourth-order valence-corrected chi connectivity index (χ4v) is 7.39. The summed E-state index contributed by atoms with van der Waals surface area (Å²) in [6, 6.07) is 34.2. The van der Waals surface area contributed by atoms with Crippen LogP contribution < -0.4 is 0 Å². The second kappa shape index (κ2) is 8.85. The average Bonchev–Trinajstić information content (AvgIpc) is 3.75. The Morgan fingerprint density at radius 1 is 0.364 bits per heavy atom. The number of hydrogen-bond acceptors (Lipinski definition) is 5. The third-order valence-electron chi connectivity index (χ3n) is 9.29. The molecule has 0 radical (unpaired) electrons. The highest BCUT2D eigenvalue weighted by Crippen LogP contribution is 2.44. The van der Waals surface area contributed by atoms with Crippen LogP contribution in [0.1, 0.15) is 22.3 Å². The number of hydrogen-bond donors (Lipinski definition) is 0. The summed E-state index contributed by atoms with van der Waals surface area (Å²) in [7, 11) is 0. The van der Waals surface area contributed by atoms with Crippen LogP contribution >= 0.6 is 0 Å². The van der Waals surface area contributed by atoms with E-state index in [-0.39, 0.29) is 0 Å². The molecule has 0 amide bonds. The molecule has 2 aliphatic heterocycles. The highest BCUT2D eigenvalue weighted by molar-refractivity contribution is 6.25. The standard InChI is InChI=1S/C39H23N5/c1-2-9-27-24(8-1)31-20-33(43-36(31)29-15-6-17-40-35(27)29)25-12-3-11-23-22(25)10-4-13-26(23)34-21-32-28-14-5-18-41-38(28)39-30(37(32)44-34)16-7-19-42-39/h1-19H,20-21H2. The molecule has 5 heterocycles. The van der Waals surface area contributed by atoms with Crippen molar-refractivity contribution in [2.75, 3.05) is 0 Å². The van der Waals surface area contributed by atoms with E-state index in [0.717, 1.165) is 73.9 Å². The molecule has 5 aromatic carbocycles. The predicted octanol–water partition coefficient (Wildman–Crippen LogP) is 8.99. The summed E-state index contributed by atoms with van der Waals surface area (Å²) >= 11 is 0. The molecule has 0 bridgehead atoms. The zero-order valence-electron chi connectivity index (χ0n) is 23.6. The first-order valence-corrected chi connectivity index (χ1v) is 14.9. The fourth-order valence-electron chi connectivity index (χ4n) is 7.39. The third-order valence-corrected chi connectivity index (χ3v) is 9.29. The van der Waals surface area contributed by atoms with Gasteiger partial charge in [0, 0.05) is 64.1 Å². The van der Waals surface area contributed by atoms with Crippen molar-refractivity contribution in [2.24, 2.45) is 9.98 Å². The van der Waals surface area contributed by atoms with Crippen LogP contribution in [0.5, 0.6) is 0 Å². The molecular formula is C39H23N5. The molecule has 0 N–H and O–H groups in total. The lowest BCUT2D eigenvalue weighted by molar-refractivity contribution is 1.35. The van der Waals surface area contributed by atoms with Crippen LogP contribution in [0.25, 0.3) is 54.3 Å². The quantitative estimate of drug-likeness (QED) is 0.198. The minimum atomic E-state index is 0.753. The number of pyridine rings is 3. The normalized spacial score (nSPS) is 14.0. The Morgan fingerprint density at radius 2 is 0.818 bits per heavy atom. The van der Waals surface area contributed by atoms with E-state index in [4.69, 9.17) is 24.9 Å². The van der Waals surface area contributed by atoms with Gasteiger partial charge >= 0.3 is 0 Å². The van der Waals surface area contributed by atoms with Gasteiger partial charge in [-0.2, -0.15) is 0 Å². The van der Waals surface area contributed by atoms with Crippen molar-refractivity contribution < 1.29 is 0 Å². The number of aliphatic imine (C=N–C) groups is 2. The molecule has 0 saturated carbocycles. The van der Waals surface area contributed by atoms with E-state index in [1.165, 1.54) is 38.2 Å². The fraction of sp³-hybridized carbons (Fsp3) is 0.0513. The van der Waals surface area contributed by atoms with E-state index in [1.807, 2.05) is 36.8 Å². The molecule has 2 aliphatic rings. The van der Waals surface area contributed by atoms with Gasteiger partial charge in [-0.1, -0.05) is 66.7 Å². The van der Waals surface area contributed by atoms with Gasteiger partial charge in [-0.25, -0.2) is 0 Å². The zero-order valence-corrected chi connectivity index (χ0v) is 23.6. The van der Waals surface area contributed by atoms with Crippen molar-refractivity contribution in [2.45, 2.75) is 12.8 Å². The summed E-state index contributed by atoms with van der Waals surface area (Å²) in [6.07, 6.45) is 7.09. The number of fused-ring (bicyclic) bond motifs is 13. The van der Waals surface area contributed by atoms with Crippen LogP contribution in [0.2, 0.25) is 0 Å². The van der Waals surface area contributed by atoms with Crippen LogP contribution in [-0.2, 0) is 12.8 Å². The third kappa shape index (κ3) is 3.21. The second-order valence-corrected chi connectivity index (χ2v) is 11.6. The summed E-state index contributed by atoms with van der Waals surface area (Å²) in [6.45, 7) is 0. The molecular weight excluding hydrogens is 538 g/mol. The van der Waals surface area contributed by atoms with Crippen molar-refractivity contribution in [1.82, 2.24) is 15.0 Å². The van der Waals surface area contributed by atoms with Crippen molar-refractivity contribution in [3.8, 4) is 0 Å². The van der Waals surface area contributed by atoms with Crippen LogP contribution in [-0.4, -0.2) is 26.4 Å². The molecule has 0 aliphatic carbocycles. The molecule has 3 aromatic heterocycles. The van der Waals surface area contributed by atoms with Gasteiger partial charge in [-0.05, 0) is 57.6 Å². The SMILES string of the molecule is c1cc(C2=Nc3c(c4cccnc4c4ncccc34)C2)c2cccc(C3=Nc4c(c5ccccc5c5ncccc45)C3)c2c1. The summed E-state index contributed by atoms with van der Waals surface area (Å²) in [5, 5.41) is 8.09. The molecule has 0 saturated heterocycles. The molecule has 0 spiro atoms. The van der Waals surface area contributed by atoms with Gasteiger partial charge in [0.1, 0.15) is 0 Å². The van der Waals surface area contributed by atoms with Gasteiger partial charge in [-0.15, -0.1) is 0 Å². The van der Waals surface area contributed by atoms with Gasteiger partial charge in [0.25, 0.3) is 0 Å². The highest BCUT2D eigenvalue weighted by atomic mass is 14.8. The Kier molecular flexibility index (Phi) is 4.77. The largest absolute Gasteiger partial charge is 0.256 e. The molecule has 8 aromatic rings. The van der Waals surface area contributed by atoms with Crippen LogP contribution in [0.4, 0.5) is 11.4 Å². The number of nitrogens with zero attached hydrogens (tertiary/aromatic N) is 5. The first-order chi connectivity index (χ1) is 21.8. The van der Waals surface area contributed by atoms with Gasteiger partial charge in [-0.3, -0.25) is 24.9 Å². The van der Waals surface area contributed by atoms with Gasteiger partial charge in [0.2, 0.25) is 0 Å². The van der Waals surface area contributed by atoms with Crippen molar-refractivity contribution in [3.05, 3.63) is 138 Å². The molecule has 0 unspecified atom stereocenters. The maximum absolute atomic E-state index is 5.31. The van der Waals surface area contributed by atoms with E-state index in [1.54, 1.807) is 0 Å². The smallest absolute Gasteiger partial charge is 0.0986 e. The second-order valence-electron chi connectivity index (χ2n) is 11.6. The lowest BCUT2D eigenvalue weighted by atomic mass is 9.91. The summed E-state index contributed by atoms with van der Waals surface area (Å²) in [5.41, 5.74) is 11.9. The predicted molar refractivity (Wildman–Crippen MR) is 180 cm³/mol. The Bertz CT molecular complexity index is 2430. The summed E-state index contributed by atoms with van der Waals surface area (Å²) < 4.78 is 0. The average molecular weight is 562 g/mol. The number of aromatic nitrogens is 3. The Hall–Kier alpha value is -5.81. The van der Waals surface area contributed by atoms with Gasteiger partial charge in [0.15, 0.2) is 0 Å². The van der Waals surface area contributed by atoms with Crippen LogP contribution in [0, 0.1) is 0 Å². The Labute approximate surface area is 252 Å². The lowest BCUT2D eigenvalue weighted by Crippen LogP contribution is -2.05. The molecule has 204 valence electrons. The highest BCUT2D eigenvalue weighted by Gasteiger charge is 2.26. The van der Waals surface area contributed by atoms with Crippen LogP contribution in [0.15, 0.2) is 126 Å². The first kappa shape index (κ1) is 23.7. The Morgan fingerprint density at radius 3 is 1.45 bits per heavy atom. The summed E-state index contributed by atoms with van der Waals surface area (Å²) in [5.74, 6) is 0. The Balaban J connectivity index is 1.14. The van der Waals surface area contributed by atoms with Gasteiger partial charge < -0.3 is 0 Å². The summed E-state index contributed by atoms with van der Waals surface area (Å²) in [4.78, 5) is 24.8. The van der Waals surface area contributed by atoms with E-state index in [9.17, 15) is 0 Å². The number of benzene rings is 5. The molecule has 5 nitrogen and oxygen atoms in total. The van der Waals surface area contributed by atoms with E-state index < -0.39 is 0 Å². The van der Waals surface area contributed by atoms with Gasteiger partial charge in [0.05, 0.1) is 39.3 Å². The topological polar surface area (TPSA) is 63.4 Å². The maximum atomic E-state index is 5.31. The van der Waals surface area contributed by atoms with E-state index >= 15 is 0 Å². The monoisotopic (exact) mass is 561 g/mol. The zero-order chi connectivity index (χ0) is 28.8. The minimum Gasteiger partial charge on any atom is -0.256 e.